The van der Waals surface area contributed by atoms with E-state index in [-0.39, 0.29) is 11.7 Å². The number of hydrogen-bond donors (Lipinski definition) is 2. The number of imidazole rings is 1. The number of rotatable bonds is 7. The van der Waals surface area contributed by atoms with E-state index in [1.54, 1.807) is 46.3 Å². The first-order chi connectivity index (χ1) is 18.9. The van der Waals surface area contributed by atoms with Gasteiger partial charge in [0.2, 0.25) is 11.8 Å². The predicted molar refractivity (Wildman–Crippen MR) is 143 cm³/mol. The summed E-state index contributed by atoms with van der Waals surface area (Å²) in [6.07, 6.45) is 11.0. The summed E-state index contributed by atoms with van der Waals surface area (Å²) in [5.41, 5.74) is 2.86. The number of nitrogens with zero attached hydrogens (tertiary/aromatic N) is 7. The smallest absolute Gasteiger partial charge is 0.274 e. The van der Waals surface area contributed by atoms with Gasteiger partial charge in [-0.3, -0.25) is 4.79 Å². The van der Waals surface area contributed by atoms with Crippen LogP contribution in [0.25, 0.3) is 16.7 Å². The Kier molecular flexibility index (Phi) is 5.49. The fourth-order valence-corrected chi connectivity index (χ4v) is 5.08. The Bertz CT molecular complexity index is 1810. The molecule has 5 heterocycles. The minimum atomic E-state index is -0.524. The number of aromatic nitrogens is 7. The summed E-state index contributed by atoms with van der Waals surface area (Å²) in [5, 5.41) is 17.8. The van der Waals surface area contributed by atoms with Crippen LogP contribution < -0.4 is 20.3 Å². The zero-order chi connectivity index (χ0) is 26.8. The fourth-order valence-electron chi connectivity index (χ4n) is 4.78. The third kappa shape index (κ3) is 4.07. The molecule has 2 aliphatic carbocycles. The highest BCUT2D eigenvalue weighted by Gasteiger charge is 2.32. The molecule has 0 bridgehead atoms. The number of nitrogens with one attached hydrogen (secondary N) is 1. The second-order valence-corrected chi connectivity index (χ2v) is 10.4. The largest absolute Gasteiger partial charge is 0.470 e. The van der Waals surface area contributed by atoms with Crippen molar-refractivity contribution in [2.24, 2.45) is 14.1 Å². The molecule has 2 N–H and O–H groups in total. The first kappa shape index (κ1) is 23.9. The van der Waals surface area contributed by atoms with E-state index in [0.29, 0.717) is 63.1 Å². The fraction of sp³-hybridized carbons (Fsp3) is 0.346. The summed E-state index contributed by atoms with van der Waals surface area (Å²) in [5.74, 6) is 1.89. The number of halogens is 1. The molecule has 2 atom stereocenters. The number of aryl methyl sites for hydroxylation is 2. The molecule has 2 saturated carbocycles. The summed E-state index contributed by atoms with van der Waals surface area (Å²) < 4.78 is 17.0. The van der Waals surface area contributed by atoms with Crippen LogP contribution in [0, 0.1) is 0 Å². The summed E-state index contributed by atoms with van der Waals surface area (Å²) >= 11 is 6.81. The van der Waals surface area contributed by atoms with Crippen LogP contribution in [0.1, 0.15) is 37.2 Å². The Morgan fingerprint density at radius 3 is 2.69 bits per heavy atom. The molecular weight excluding hydrogens is 524 g/mol. The lowest BCUT2D eigenvalue weighted by Gasteiger charge is -2.32. The van der Waals surface area contributed by atoms with Crippen molar-refractivity contribution in [3.63, 3.8) is 0 Å². The third-order valence-electron chi connectivity index (χ3n) is 7.33. The van der Waals surface area contributed by atoms with E-state index in [0.717, 1.165) is 24.8 Å². The molecule has 0 unspecified atom stereocenters. The van der Waals surface area contributed by atoms with Gasteiger partial charge >= 0.3 is 0 Å². The number of aliphatic hydroxyl groups excluding tert-OH is 1. The zero-order valence-electron chi connectivity index (χ0n) is 21.2. The van der Waals surface area contributed by atoms with Crippen molar-refractivity contribution in [1.82, 2.24) is 33.7 Å². The average molecular weight is 549 g/mol. The second-order valence-electron chi connectivity index (χ2n) is 10.0. The van der Waals surface area contributed by atoms with Gasteiger partial charge < -0.3 is 29.0 Å². The van der Waals surface area contributed by atoms with Gasteiger partial charge in [0, 0.05) is 32.7 Å². The monoisotopic (exact) mass is 548 g/mol. The molecule has 0 radical (unpaired) electrons. The number of anilines is 2. The molecule has 2 aliphatic rings. The van der Waals surface area contributed by atoms with Crippen LogP contribution in [0.15, 0.2) is 41.8 Å². The molecule has 5 aromatic rings. The van der Waals surface area contributed by atoms with E-state index in [9.17, 15) is 9.90 Å². The minimum absolute atomic E-state index is 0.149. The first-order valence-corrected chi connectivity index (χ1v) is 13.1. The summed E-state index contributed by atoms with van der Waals surface area (Å²) in [6, 6.07) is 1.89. The molecule has 0 amide bonds. The first-order valence-electron chi connectivity index (χ1n) is 12.7. The van der Waals surface area contributed by atoms with Crippen molar-refractivity contribution in [3.05, 3.63) is 58.0 Å². The molecule has 0 spiro atoms. The SMILES string of the molecule is Cn1cc(C2CC2)cc(Nc2nc3ncc(Oc4cnn5ccnc(O[C@@H]6CC[C@H]6O)c45)c(Cl)c3n2C)c1=O. The van der Waals surface area contributed by atoms with Crippen molar-refractivity contribution in [2.75, 3.05) is 5.32 Å². The van der Waals surface area contributed by atoms with Crippen LogP contribution >= 0.6 is 11.6 Å². The third-order valence-corrected chi connectivity index (χ3v) is 7.69. The van der Waals surface area contributed by atoms with Crippen molar-refractivity contribution in [3.8, 4) is 17.4 Å². The van der Waals surface area contributed by atoms with Crippen LogP contribution in [-0.2, 0) is 14.1 Å². The van der Waals surface area contributed by atoms with Crippen molar-refractivity contribution in [1.29, 1.82) is 0 Å². The van der Waals surface area contributed by atoms with Gasteiger partial charge in [-0.05, 0) is 43.2 Å². The van der Waals surface area contributed by atoms with Gasteiger partial charge in [0.05, 0.1) is 18.5 Å². The maximum Gasteiger partial charge on any atom is 0.274 e. The molecule has 0 aromatic carbocycles. The maximum atomic E-state index is 12.8. The molecule has 0 saturated heterocycles. The number of aliphatic hydroxyl groups is 1. The van der Waals surface area contributed by atoms with Crippen molar-refractivity contribution >= 4 is 39.9 Å². The minimum Gasteiger partial charge on any atom is -0.470 e. The van der Waals surface area contributed by atoms with E-state index >= 15 is 0 Å². The number of fused-ring (bicyclic) bond motifs is 2. The normalized spacial score (nSPS) is 18.9. The lowest BCUT2D eigenvalue weighted by atomic mass is 9.92. The zero-order valence-corrected chi connectivity index (χ0v) is 22.0. The highest BCUT2D eigenvalue weighted by atomic mass is 35.5. The lowest BCUT2D eigenvalue weighted by molar-refractivity contribution is -0.0377. The number of pyridine rings is 2. The maximum absolute atomic E-state index is 12.8. The van der Waals surface area contributed by atoms with Crippen LogP contribution in [0.3, 0.4) is 0 Å². The van der Waals surface area contributed by atoms with Gasteiger partial charge in [-0.25, -0.2) is 14.5 Å². The molecular formula is C26H25ClN8O4. The molecule has 0 aliphatic heterocycles. The van der Waals surface area contributed by atoms with E-state index in [1.165, 1.54) is 6.20 Å². The molecule has 200 valence electrons. The Morgan fingerprint density at radius 1 is 1.10 bits per heavy atom. The molecule has 2 fully saturated rings. The van der Waals surface area contributed by atoms with E-state index < -0.39 is 6.10 Å². The van der Waals surface area contributed by atoms with Crippen LogP contribution in [0.4, 0.5) is 11.6 Å². The number of ether oxygens (including phenoxy) is 2. The lowest BCUT2D eigenvalue weighted by Crippen LogP contribution is -2.41. The Hall–Kier alpha value is -4.16. The molecule has 12 nitrogen and oxygen atoms in total. The Balaban J connectivity index is 1.22. The summed E-state index contributed by atoms with van der Waals surface area (Å²) in [6.45, 7) is 0. The van der Waals surface area contributed by atoms with Crippen LogP contribution in [0.5, 0.6) is 17.4 Å². The second kappa shape index (κ2) is 8.95. The van der Waals surface area contributed by atoms with E-state index in [2.05, 4.69) is 25.4 Å². The van der Waals surface area contributed by atoms with Crippen molar-refractivity contribution in [2.45, 2.75) is 43.8 Å². The predicted octanol–water partition coefficient (Wildman–Crippen LogP) is 3.68. The summed E-state index contributed by atoms with van der Waals surface area (Å²) in [4.78, 5) is 26.2. The Labute approximate surface area is 226 Å². The average Bonchev–Trinajstić information content (AvgIpc) is 3.62. The van der Waals surface area contributed by atoms with Gasteiger partial charge in [-0.2, -0.15) is 10.1 Å². The molecule has 39 heavy (non-hydrogen) atoms. The number of hydrogen-bond acceptors (Lipinski definition) is 9. The van der Waals surface area contributed by atoms with E-state index in [4.69, 9.17) is 21.1 Å². The van der Waals surface area contributed by atoms with Crippen LogP contribution in [0.2, 0.25) is 5.02 Å². The topological polar surface area (TPSA) is 134 Å². The molecule has 13 heteroatoms. The van der Waals surface area contributed by atoms with Gasteiger partial charge in [-0.15, -0.1) is 0 Å². The van der Waals surface area contributed by atoms with Gasteiger partial charge in [0.1, 0.15) is 22.3 Å². The molecule has 5 aromatic heterocycles. The van der Waals surface area contributed by atoms with E-state index in [1.807, 2.05) is 12.3 Å². The standard InChI is InChI=1S/C26H25ClN8O4/c1-33-12-14(13-3-4-13)9-15(25(33)37)31-26-32-23-22(34(26)2)20(27)18(10-29-23)38-19-11-30-35-8-7-28-24(21(19)35)39-17-6-5-16(17)36/h7-13,16-17,36H,3-6H2,1-2H3,(H,29,31,32)/t16-,17-/m1/s1. The quantitative estimate of drug-likeness (QED) is 0.312. The molecule has 7 rings (SSSR count). The summed E-state index contributed by atoms with van der Waals surface area (Å²) in [7, 11) is 3.54. The van der Waals surface area contributed by atoms with Crippen LogP contribution in [-0.4, -0.2) is 51.0 Å². The van der Waals surface area contributed by atoms with Gasteiger partial charge in [0.15, 0.2) is 22.7 Å². The highest BCUT2D eigenvalue weighted by Crippen LogP contribution is 2.41. The highest BCUT2D eigenvalue weighted by molar-refractivity contribution is 6.36. The van der Waals surface area contributed by atoms with Crippen molar-refractivity contribution < 1.29 is 14.6 Å². The Morgan fingerprint density at radius 2 is 1.95 bits per heavy atom. The van der Waals surface area contributed by atoms with Gasteiger partial charge in [0.25, 0.3) is 5.56 Å². The van der Waals surface area contributed by atoms with Gasteiger partial charge in [-0.1, -0.05) is 11.6 Å².